The summed E-state index contributed by atoms with van der Waals surface area (Å²) in [6, 6.07) is 8.52. The molecule has 1 aliphatic rings. The Labute approximate surface area is 412 Å². The molecule has 7 atom stereocenters. The zero-order chi connectivity index (χ0) is 51.9. The molecule has 1 aromatic rings. The molecule has 0 aromatic heterocycles. The van der Waals surface area contributed by atoms with Crippen molar-refractivity contribution < 1.29 is 43.3 Å². The molecule has 3 N–H and O–H groups in total. The van der Waals surface area contributed by atoms with Crippen LogP contribution in [0.1, 0.15) is 160 Å². The molecular weight excluding hydrogens is 871 g/mol. The van der Waals surface area contributed by atoms with Crippen LogP contribution in [0.3, 0.4) is 0 Å². The van der Waals surface area contributed by atoms with Crippen LogP contribution in [0, 0.1) is 17.8 Å². The van der Waals surface area contributed by atoms with Gasteiger partial charge in [-0.25, -0.2) is 9.59 Å². The van der Waals surface area contributed by atoms with Gasteiger partial charge in [-0.05, 0) is 61.8 Å². The first-order valence-corrected chi connectivity index (χ1v) is 26.1. The van der Waals surface area contributed by atoms with E-state index in [4.69, 9.17) is 14.6 Å². The van der Waals surface area contributed by atoms with E-state index in [0.717, 1.165) is 82.1 Å². The summed E-state index contributed by atoms with van der Waals surface area (Å²) in [5.74, 6) is 0.826. The molecule has 5 amide bonds. The van der Waals surface area contributed by atoms with E-state index < -0.39 is 12.0 Å². The Kier molecular flexibility index (Phi) is 42.8. The molecule has 1 aromatic carbocycles. The van der Waals surface area contributed by atoms with E-state index in [1.54, 1.807) is 26.0 Å². The number of amides is 5. The number of ether oxygens (including phenoxy) is 2. The van der Waals surface area contributed by atoms with Gasteiger partial charge in [-0.3, -0.25) is 19.2 Å². The van der Waals surface area contributed by atoms with Gasteiger partial charge in [0.05, 0.1) is 30.8 Å². The molecule has 0 bridgehead atoms. The van der Waals surface area contributed by atoms with Crippen molar-refractivity contribution in [3.8, 4) is 0 Å². The molecule has 1 aliphatic heterocycles. The van der Waals surface area contributed by atoms with Crippen LogP contribution in [0.15, 0.2) is 30.3 Å². The first kappa shape index (κ1) is 67.6. The normalized spacial score (nSPS) is 15.4. The lowest BCUT2D eigenvalue weighted by Crippen LogP contribution is -2.54. The number of hydrogen-bond donors (Lipinski definition) is 3. The summed E-state index contributed by atoms with van der Waals surface area (Å²) in [5, 5.41) is 14.1. The van der Waals surface area contributed by atoms with Crippen molar-refractivity contribution in [3.05, 3.63) is 35.9 Å². The minimum atomic E-state index is -1.03. The average molecular weight is 968 g/mol. The molecular formula is C52H97N5O9S. The van der Waals surface area contributed by atoms with Gasteiger partial charge in [0, 0.05) is 59.5 Å². The molecule has 14 nitrogen and oxygen atoms in total. The van der Waals surface area contributed by atoms with Crippen molar-refractivity contribution in [3.63, 3.8) is 0 Å². The van der Waals surface area contributed by atoms with Crippen molar-refractivity contribution in [2.45, 2.75) is 197 Å². The molecule has 0 radical (unpaired) electrons. The number of nitrogens with zero attached hydrogens (tertiary/aromatic N) is 3. The standard InChI is InChI=1S/C27H53N3O4S.C10H11NO3.C10H19NO2.C3H8.C2H6/c1-10-21(6)26(24(12-3)34-9)29(8)25(32)19-28-27(33)30(23(11-2)20(4)5)17-15-13-14-16-18-35-22(7)31;12-7-11-9(10(13)14)6-8-4-2-1-3-5-8;1-8(2)10(13-3)9-5-4-6-11(9)7-12;1-3-2;1-2/h20-21,23-24,26H,10-19H2,1-9H3,(H,28,33);1-5,7,9H,6H2,(H,11,12)(H,13,14);7-10H,4-6H2,1-3H3;3H2,1-2H3;1-2H3/t;9-;;;/m.0.../s1. The van der Waals surface area contributed by atoms with Gasteiger partial charge in [-0.1, -0.05) is 151 Å². The number of aliphatic carboxylic acids is 1. The lowest BCUT2D eigenvalue weighted by Gasteiger charge is -2.38. The Morgan fingerprint density at radius 3 is 1.93 bits per heavy atom. The first-order valence-electron chi connectivity index (χ1n) is 25.1. The third-order valence-electron chi connectivity index (χ3n) is 11.6. The quantitative estimate of drug-likeness (QED) is 0.0569. The summed E-state index contributed by atoms with van der Waals surface area (Å²) in [6.45, 7) is 28.4. The number of benzene rings is 1. The molecule has 0 spiro atoms. The number of carboxylic acid groups (broad SMARTS) is 1. The molecule has 1 saturated heterocycles. The van der Waals surface area contributed by atoms with E-state index in [9.17, 15) is 28.8 Å². The second-order valence-electron chi connectivity index (χ2n) is 17.5. The molecule has 1 fully saturated rings. The number of carbonyl (C=O) groups is 6. The van der Waals surface area contributed by atoms with Gasteiger partial charge in [-0.15, -0.1) is 0 Å². The molecule has 0 saturated carbocycles. The van der Waals surface area contributed by atoms with Crippen LogP contribution in [-0.2, 0) is 39.9 Å². The highest BCUT2D eigenvalue weighted by Crippen LogP contribution is 2.25. The second kappa shape index (κ2) is 42.4. The third-order valence-corrected chi connectivity index (χ3v) is 12.5. The van der Waals surface area contributed by atoms with Gasteiger partial charge in [-0.2, -0.15) is 0 Å². The topological polar surface area (TPSA) is 175 Å². The minimum absolute atomic E-state index is 0.0181. The van der Waals surface area contributed by atoms with E-state index >= 15 is 0 Å². The molecule has 67 heavy (non-hydrogen) atoms. The summed E-state index contributed by atoms with van der Waals surface area (Å²) in [7, 11) is 5.24. The minimum Gasteiger partial charge on any atom is -0.480 e. The Balaban J connectivity index is -0.00000103. The number of methoxy groups -OCH3 is 2. The molecule has 6 unspecified atom stereocenters. The Hall–Kier alpha value is -3.69. The number of likely N-dealkylation sites (tertiary alicyclic amines) is 1. The van der Waals surface area contributed by atoms with Gasteiger partial charge in [0.2, 0.25) is 18.7 Å². The number of carboxylic acids is 1. The molecule has 1 heterocycles. The summed E-state index contributed by atoms with van der Waals surface area (Å²) >= 11 is 1.38. The average Bonchev–Trinajstić information content (AvgIpc) is 3.78. The molecule has 0 aliphatic carbocycles. The van der Waals surface area contributed by atoms with E-state index in [0.29, 0.717) is 43.2 Å². The van der Waals surface area contributed by atoms with Crippen LogP contribution in [0.4, 0.5) is 4.79 Å². The number of nitrogens with one attached hydrogen (secondary N) is 2. The smallest absolute Gasteiger partial charge is 0.326 e. The summed E-state index contributed by atoms with van der Waals surface area (Å²) in [6.07, 6.45) is 11.9. The fourth-order valence-electron chi connectivity index (χ4n) is 8.08. The molecule has 390 valence electrons. The number of likely N-dealkylation sites (N-methyl/N-ethyl adjacent to an activating group) is 1. The summed E-state index contributed by atoms with van der Waals surface area (Å²) in [5.41, 5.74) is 0.884. The van der Waals surface area contributed by atoms with Crippen molar-refractivity contribution in [1.29, 1.82) is 0 Å². The Bertz CT molecular complexity index is 1420. The largest absolute Gasteiger partial charge is 0.480 e. The van der Waals surface area contributed by atoms with E-state index in [-0.39, 0.29) is 47.9 Å². The van der Waals surface area contributed by atoms with Crippen molar-refractivity contribution in [2.24, 2.45) is 17.8 Å². The zero-order valence-electron chi connectivity index (χ0n) is 44.8. The predicted octanol–water partition coefficient (Wildman–Crippen LogP) is 9.72. The van der Waals surface area contributed by atoms with Gasteiger partial charge in [0.1, 0.15) is 6.04 Å². The van der Waals surface area contributed by atoms with Crippen LogP contribution in [0.2, 0.25) is 0 Å². The predicted molar refractivity (Wildman–Crippen MR) is 277 cm³/mol. The number of hydrogen-bond acceptors (Lipinski definition) is 9. The van der Waals surface area contributed by atoms with Crippen LogP contribution >= 0.6 is 11.8 Å². The molecule has 2 rings (SSSR count). The number of carbonyl (C=O) groups excluding carboxylic acids is 5. The van der Waals surface area contributed by atoms with Crippen molar-refractivity contribution >= 4 is 47.6 Å². The first-order chi connectivity index (χ1) is 31.9. The summed E-state index contributed by atoms with van der Waals surface area (Å²) in [4.78, 5) is 74.4. The van der Waals surface area contributed by atoms with Gasteiger partial charge < -0.3 is 39.9 Å². The van der Waals surface area contributed by atoms with Crippen LogP contribution < -0.4 is 10.6 Å². The molecule has 15 heteroatoms. The maximum absolute atomic E-state index is 13.2. The fourth-order valence-corrected chi connectivity index (χ4v) is 8.71. The second-order valence-corrected chi connectivity index (χ2v) is 18.7. The third kappa shape index (κ3) is 29.1. The van der Waals surface area contributed by atoms with Crippen LogP contribution in [0.5, 0.6) is 0 Å². The zero-order valence-corrected chi connectivity index (χ0v) is 45.6. The fraction of sp³-hybridized carbons (Fsp3) is 0.769. The Morgan fingerprint density at radius 1 is 0.881 bits per heavy atom. The number of urea groups is 1. The van der Waals surface area contributed by atoms with Crippen molar-refractivity contribution in [2.75, 3.05) is 46.7 Å². The maximum atomic E-state index is 13.2. The monoisotopic (exact) mass is 968 g/mol. The lowest BCUT2D eigenvalue weighted by molar-refractivity contribution is -0.140. The Morgan fingerprint density at radius 2 is 1.48 bits per heavy atom. The number of rotatable bonds is 27. The lowest BCUT2D eigenvalue weighted by atomic mass is 9.91. The highest BCUT2D eigenvalue weighted by atomic mass is 32.2. The van der Waals surface area contributed by atoms with E-state index in [1.165, 1.54) is 18.2 Å². The van der Waals surface area contributed by atoms with Gasteiger partial charge >= 0.3 is 12.0 Å². The highest BCUT2D eigenvalue weighted by molar-refractivity contribution is 8.13. The maximum Gasteiger partial charge on any atom is 0.326 e. The summed E-state index contributed by atoms with van der Waals surface area (Å²) < 4.78 is 11.1. The number of unbranched alkanes of at least 4 members (excludes halogenated alkanes) is 3. The van der Waals surface area contributed by atoms with E-state index in [1.807, 2.05) is 61.0 Å². The van der Waals surface area contributed by atoms with Crippen LogP contribution in [-0.4, -0.2) is 139 Å². The van der Waals surface area contributed by atoms with Gasteiger partial charge in [0.15, 0.2) is 5.12 Å². The van der Waals surface area contributed by atoms with Crippen molar-refractivity contribution in [1.82, 2.24) is 25.3 Å². The SMILES string of the molecule is CC.CCC.CCC(C)C(C(CC)OC)N(C)C(=O)CNC(=O)N(CCCCCCSC(C)=O)C(CC)C(C)C.COC(C(C)C)C1CCCN1C=O.O=CN[C@@H](Cc1ccccc1)C(=O)O. The van der Waals surface area contributed by atoms with Crippen LogP contribution in [0.25, 0.3) is 0 Å². The van der Waals surface area contributed by atoms with E-state index in [2.05, 4.69) is 79.9 Å². The van der Waals surface area contributed by atoms with Gasteiger partial charge in [0.25, 0.3) is 0 Å². The number of thioether (sulfide) groups is 1. The highest BCUT2D eigenvalue weighted by Gasteiger charge is 2.34.